The Labute approximate surface area is 704 Å². The lowest BCUT2D eigenvalue weighted by atomic mass is 10.0. The second-order valence-corrected chi connectivity index (χ2v) is 29.5. The lowest BCUT2D eigenvalue weighted by Gasteiger charge is -2.18. The van der Waals surface area contributed by atoms with Gasteiger partial charge in [0.1, 0.15) is 0 Å². The van der Waals surface area contributed by atoms with Crippen LogP contribution in [0.4, 0.5) is 28.4 Å². The Kier molecular flexibility index (Phi) is 34.7. The predicted molar refractivity (Wildman–Crippen MR) is 478 cm³/mol. The first-order valence-corrected chi connectivity index (χ1v) is 41.4. The maximum absolute atomic E-state index is 13.1. The van der Waals surface area contributed by atoms with Crippen LogP contribution in [0.3, 0.4) is 0 Å². The number of aromatic nitrogens is 4. The van der Waals surface area contributed by atoms with Crippen LogP contribution in [0.5, 0.6) is 5.88 Å². The number of thiazole rings is 1. The number of alkyl halides is 2. The average molecular weight is 1670 g/mol. The van der Waals surface area contributed by atoms with Crippen LogP contribution in [0.25, 0.3) is 34.6 Å². The van der Waals surface area contributed by atoms with E-state index in [0.717, 1.165) is 148 Å². The molecule has 25 nitrogen and oxygen atoms in total. The Morgan fingerprint density at radius 2 is 1.00 bits per heavy atom. The van der Waals surface area contributed by atoms with Crippen LogP contribution in [0.1, 0.15) is 155 Å². The second-order valence-electron chi connectivity index (χ2n) is 27.7. The van der Waals surface area contributed by atoms with Crippen LogP contribution in [-0.2, 0) is 27.9 Å². The third-order valence-electron chi connectivity index (χ3n) is 20.3. The molecule has 12 rings (SSSR count). The van der Waals surface area contributed by atoms with E-state index in [4.69, 9.17) is 45.1 Å². The molecule has 3 aliphatic heterocycles. The van der Waals surface area contributed by atoms with Crippen molar-refractivity contribution >= 4 is 151 Å². The summed E-state index contributed by atoms with van der Waals surface area (Å²) >= 11 is 17.6. The summed E-state index contributed by atoms with van der Waals surface area (Å²) in [5, 5.41) is 26.1. The molecule has 0 saturated carbocycles. The highest BCUT2D eigenvalue weighted by atomic mass is 35.5. The molecule has 0 bridgehead atoms. The fourth-order valence-electron chi connectivity index (χ4n) is 13.6. The number of hydrogen-bond donors (Lipinski definition) is 11. The van der Waals surface area contributed by atoms with Crippen molar-refractivity contribution in [2.24, 2.45) is 12.0 Å². The zero-order chi connectivity index (χ0) is 85.2. The molecule has 7 heterocycles. The molecule has 0 radical (unpaired) electrons. The van der Waals surface area contributed by atoms with Gasteiger partial charge in [0.25, 0.3) is 29.5 Å². The van der Waals surface area contributed by atoms with Gasteiger partial charge in [0.2, 0.25) is 5.91 Å². The molecular formula is C88H108Cl2N16O9S2. The molecule has 0 unspecified atom stereocenters. The fraction of sp³-hybridized carbons (Fsp3) is 0.341. The van der Waals surface area contributed by atoms with Gasteiger partial charge in [-0.05, 0) is 200 Å². The standard InChI is InChI=1S/C32H36N6O2S.C24H29ClN4O3.C14H25N3O2.C10H8ClNO2.C8H10N2S/c1-6-38(7-2)16-15-33-31(40)29-20(3)27(34-21(29)4)18-25-24-17-22(13-14-26(24)36-30(25)39)28-19-41-32(37(28)5)35-23-11-9-8-10-12-23;1-5-29(6-2)10-9-26-24(32)22-14(3)20(27-15(22)4)12-18-17-11-16(21(30)13-25)7-8-19(17)28-23(18)31;1-6-17(7-2)9-8-15-13(18)12-10(3)14(19-5)16-11(12)4;11-5-9(13)6-1-2-8-7(3-6)4-10(14)12-8;1-9-8(11)10-7-5-3-2-4-6-7/h8-14,17-19,34H,6-7,15-16H2,1-5H3,(H,33,40)(H,36,39);7-8,11-12,27H,5-6,9-10,13H2,1-4H3,(H,26,32)(H,28,31);16H,6-9H2,1-5H3,(H,15,18);1-3H,4-5H2,(H,12,14);2-6H,1H3,(H2,9,10,11)/b25-18-,35-32?;18-12-;;;. The number of carbonyl (C=O) groups is 8. The number of rotatable bonds is 28. The quantitative estimate of drug-likeness (QED) is 0.00940. The van der Waals surface area contributed by atoms with E-state index in [0.29, 0.717) is 93.0 Å². The molecule has 6 amide bonds. The number of aryl methyl sites for hydroxylation is 3. The number of amides is 6. The van der Waals surface area contributed by atoms with Gasteiger partial charge in [0.05, 0.1) is 64.5 Å². The number of thiocarbonyl (C=S) groups is 1. The first kappa shape index (κ1) is 91.5. The highest BCUT2D eigenvalue weighted by Gasteiger charge is 2.30. The third kappa shape index (κ3) is 24.1. The van der Waals surface area contributed by atoms with Gasteiger partial charge in [0.15, 0.2) is 27.4 Å². The summed E-state index contributed by atoms with van der Waals surface area (Å²) in [6.07, 6.45) is 3.92. The van der Waals surface area contributed by atoms with Crippen molar-refractivity contribution in [3.05, 3.63) is 215 Å². The van der Waals surface area contributed by atoms with E-state index < -0.39 is 0 Å². The van der Waals surface area contributed by atoms with Gasteiger partial charge in [-0.1, -0.05) is 84.0 Å². The minimum Gasteiger partial charge on any atom is -0.482 e. The van der Waals surface area contributed by atoms with Crippen molar-refractivity contribution in [2.75, 3.05) is 126 Å². The molecule has 0 spiro atoms. The second kappa shape index (κ2) is 44.3. The van der Waals surface area contributed by atoms with Crippen LogP contribution >= 0.6 is 46.8 Å². The third-order valence-corrected chi connectivity index (χ3v) is 22.0. The highest BCUT2D eigenvalue weighted by molar-refractivity contribution is 7.80. The van der Waals surface area contributed by atoms with Gasteiger partial charge in [0, 0.05) is 138 Å². The molecule has 29 heteroatoms. The monoisotopic (exact) mass is 1670 g/mol. The van der Waals surface area contributed by atoms with Crippen molar-refractivity contribution in [3.8, 4) is 17.1 Å². The lowest BCUT2D eigenvalue weighted by Crippen LogP contribution is -2.35. The van der Waals surface area contributed by atoms with E-state index in [1.807, 2.05) is 134 Å². The Balaban J connectivity index is 0.000000198. The van der Waals surface area contributed by atoms with Crippen LogP contribution < -0.4 is 52.1 Å². The van der Waals surface area contributed by atoms with Gasteiger partial charge in [-0.3, -0.25) is 38.4 Å². The zero-order valence-electron chi connectivity index (χ0n) is 69.3. The summed E-state index contributed by atoms with van der Waals surface area (Å²) < 4.78 is 7.26. The maximum atomic E-state index is 13.1. The number of nitrogens with one attached hydrogen (secondary N) is 11. The summed E-state index contributed by atoms with van der Waals surface area (Å²) in [7, 11) is 5.39. The normalized spacial score (nSPS) is 13.0. The molecule has 0 fully saturated rings. The van der Waals surface area contributed by atoms with Crippen molar-refractivity contribution in [1.82, 2.24) is 55.5 Å². The van der Waals surface area contributed by atoms with E-state index in [9.17, 15) is 38.4 Å². The number of anilines is 4. The Bertz CT molecular complexity index is 5180. The minimum absolute atomic E-state index is 0.0276. The molecule has 11 N–H and O–H groups in total. The number of nitrogens with zero attached hydrogens (tertiary/aromatic N) is 5. The number of H-pyrrole nitrogens is 3. The number of halogens is 2. The number of ether oxygens (including phenoxy) is 1. The number of methoxy groups -OCH3 is 1. The molecule has 4 aromatic heterocycles. The molecule has 0 saturated heterocycles. The van der Waals surface area contributed by atoms with Crippen LogP contribution in [0.2, 0.25) is 0 Å². The smallest absolute Gasteiger partial charge is 0.256 e. The van der Waals surface area contributed by atoms with Gasteiger partial charge in [-0.2, -0.15) is 0 Å². The van der Waals surface area contributed by atoms with Crippen molar-refractivity contribution in [2.45, 2.75) is 89.5 Å². The topological polar surface area (TPSA) is 316 Å². The molecular weight excluding hydrogens is 1560 g/mol. The van der Waals surface area contributed by atoms with Crippen LogP contribution in [0.15, 0.2) is 126 Å². The van der Waals surface area contributed by atoms with E-state index in [-0.39, 0.29) is 58.8 Å². The number of aromatic amines is 3. The van der Waals surface area contributed by atoms with Crippen molar-refractivity contribution in [1.29, 1.82) is 0 Å². The molecule has 0 aliphatic carbocycles. The molecule has 5 aromatic carbocycles. The van der Waals surface area contributed by atoms with E-state index in [1.54, 1.807) is 68.0 Å². The molecule has 3 aliphatic rings. The number of benzene rings is 5. The van der Waals surface area contributed by atoms with Crippen LogP contribution in [-0.4, -0.2) is 191 Å². The maximum Gasteiger partial charge on any atom is 0.256 e. The average Bonchev–Trinajstić information content (AvgIpc) is 1.63. The van der Waals surface area contributed by atoms with Crippen molar-refractivity contribution in [3.63, 3.8) is 0 Å². The van der Waals surface area contributed by atoms with E-state index in [2.05, 4.69) is 124 Å². The SMILES string of the molecule is CCN(CC)CCNC(=O)c1c(C)[nH]c(/C=C2\C(=O)Nc3ccc(-c4csc(=Nc5ccccc5)n4C)cc32)c1C.CCN(CC)CCNC(=O)c1c(C)[nH]c(/C=C2\C(=O)Nc3ccc(C(=O)CCl)cc32)c1C.CCN(CC)CCNC(=O)c1c(C)[nH]c(OC)c1C.CNC(=S)Nc1ccccc1.O=C1Cc2cc(C(=O)CCl)ccc2N1. The Morgan fingerprint density at radius 1 is 0.564 bits per heavy atom. The minimum atomic E-state index is -0.257. The number of ketones is 2. The Hall–Kier alpha value is -11.0. The number of likely N-dealkylation sites (N-methyl/N-ethyl adjacent to an activating group) is 3. The summed E-state index contributed by atoms with van der Waals surface area (Å²) in [4.78, 5) is 120. The lowest BCUT2D eigenvalue weighted by molar-refractivity contribution is -0.115. The Morgan fingerprint density at radius 3 is 1.45 bits per heavy atom. The van der Waals surface area contributed by atoms with Gasteiger partial charge in [-0.15, -0.1) is 34.5 Å². The molecule has 620 valence electrons. The van der Waals surface area contributed by atoms with Gasteiger partial charge >= 0.3 is 0 Å². The summed E-state index contributed by atoms with van der Waals surface area (Å²) in [6.45, 7) is 34.0. The summed E-state index contributed by atoms with van der Waals surface area (Å²) in [6, 6.07) is 35.9. The van der Waals surface area contributed by atoms with E-state index in [1.165, 1.54) is 0 Å². The number of hydrogen-bond acceptors (Lipinski definition) is 15. The predicted octanol–water partition coefficient (Wildman–Crippen LogP) is 14.0. The first-order valence-electron chi connectivity index (χ1n) is 39.1. The summed E-state index contributed by atoms with van der Waals surface area (Å²) in [5.41, 5.74) is 18.6. The number of carbonyl (C=O) groups excluding carboxylic acids is 8. The first-order chi connectivity index (χ1) is 56.2. The van der Waals surface area contributed by atoms with Gasteiger partial charge in [-0.25, -0.2) is 4.99 Å². The largest absolute Gasteiger partial charge is 0.482 e. The highest BCUT2D eigenvalue weighted by Crippen LogP contribution is 2.39. The zero-order valence-corrected chi connectivity index (χ0v) is 72.4. The number of fused-ring (bicyclic) bond motifs is 3. The molecule has 0 atom stereocenters. The van der Waals surface area contributed by atoms with Gasteiger partial charge < -0.3 is 81.5 Å². The summed E-state index contributed by atoms with van der Waals surface area (Å²) in [5.74, 6) is -0.550. The van der Waals surface area contributed by atoms with E-state index >= 15 is 0 Å². The number of para-hydroxylation sites is 2. The van der Waals surface area contributed by atoms with Crippen LogP contribution in [0, 0.1) is 41.5 Å². The number of Topliss-reactive ketones (excluding diaryl/α,β-unsaturated/α-hetero) is 2. The van der Waals surface area contributed by atoms with Crippen molar-refractivity contribution < 1.29 is 43.1 Å². The molecule has 9 aromatic rings. The molecule has 117 heavy (non-hydrogen) atoms. The fourth-order valence-corrected chi connectivity index (χ4v) is 14.9.